The summed E-state index contributed by atoms with van der Waals surface area (Å²) in [5, 5.41) is 3.98. The van der Waals surface area contributed by atoms with Gasteiger partial charge in [0.05, 0.1) is 10.6 Å². The molecular formula is C24H19ClN2O2S. The Morgan fingerprint density at radius 1 is 1.07 bits per heavy atom. The van der Waals surface area contributed by atoms with Crippen molar-refractivity contribution in [1.82, 2.24) is 5.32 Å². The number of thioether (sulfide) groups is 1. The number of amidine groups is 1. The maximum absolute atomic E-state index is 12.4. The van der Waals surface area contributed by atoms with Crippen molar-refractivity contribution in [3.05, 3.63) is 99.4 Å². The van der Waals surface area contributed by atoms with Gasteiger partial charge in [-0.15, -0.1) is 0 Å². The van der Waals surface area contributed by atoms with Gasteiger partial charge < -0.3 is 10.1 Å². The summed E-state index contributed by atoms with van der Waals surface area (Å²) < 4.78 is 5.87. The predicted molar refractivity (Wildman–Crippen MR) is 124 cm³/mol. The normalized spacial score (nSPS) is 16.1. The molecule has 150 valence electrons. The van der Waals surface area contributed by atoms with Crippen molar-refractivity contribution in [2.75, 3.05) is 0 Å². The smallest absolute Gasteiger partial charge is 0.264 e. The van der Waals surface area contributed by atoms with Crippen LogP contribution in [0.15, 0.2) is 82.7 Å². The Morgan fingerprint density at radius 3 is 2.70 bits per heavy atom. The van der Waals surface area contributed by atoms with Gasteiger partial charge in [0.15, 0.2) is 5.17 Å². The molecule has 3 aromatic carbocycles. The monoisotopic (exact) mass is 434 g/mol. The van der Waals surface area contributed by atoms with E-state index in [0.717, 1.165) is 22.4 Å². The molecule has 1 saturated heterocycles. The molecule has 0 unspecified atom stereocenters. The minimum atomic E-state index is -0.174. The number of carbonyl (C=O) groups is 1. The van der Waals surface area contributed by atoms with Gasteiger partial charge in [-0.25, -0.2) is 4.99 Å². The van der Waals surface area contributed by atoms with Gasteiger partial charge in [0.2, 0.25) is 0 Å². The van der Waals surface area contributed by atoms with E-state index >= 15 is 0 Å². The number of carbonyl (C=O) groups excluding carboxylic acids is 1. The topological polar surface area (TPSA) is 50.7 Å². The molecule has 0 spiro atoms. The molecule has 1 N–H and O–H groups in total. The lowest BCUT2D eigenvalue weighted by molar-refractivity contribution is -0.115. The third-order valence-electron chi connectivity index (χ3n) is 4.44. The maximum atomic E-state index is 12.4. The van der Waals surface area contributed by atoms with Gasteiger partial charge in [0.25, 0.3) is 5.91 Å². The maximum Gasteiger partial charge on any atom is 0.264 e. The summed E-state index contributed by atoms with van der Waals surface area (Å²) >= 11 is 7.46. The first-order valence-electron chi connectivity index (χ1n) is 9.39. The number of benzene rings is 3. The first-order valence-corrected chi connectivity index (χ1v) is 10.6. The summed E-state index contributed by atoms with van der Waals surface area (Å²) in [6.45, 7) is 2.43. The number of ether oxygens (including phenoxy) is 1. The molecule has 0 radical (unpaired) electrons. The zero-order chi connectivity index (χ0) is 20.9. The molecule has 0 aromatic heterocycles. The molecule has 0 aliphatic carbocycles. The van der Waals surface area contributed by atoms with Crippen LogP contribution in [0.1, 0.15) is 16.7 Å². The number of aryl methyl sites for hydroxylation is 1. The number of hydrogen-bond acceptors (Lipinski definition) is 4. The Balaban J connectivity index is 1.47. The Morgan fingerprint density at radius 2 is 1.90 bits per heavy atom. The fraction of sp³-hybridized carbons (Fsp3) is 0.0833. The molecule has 6 heteroatoms. The summed E-state index contributed by atoms with van der Waals surface area (Å²) in [5.41, 5.74) is 3.67. The standard InChI is InChI=1S/C24H19ClN2O2S/c1-16-10-11-19(14-21(16)25)26-24-27-23(28)22(30-24)13-18-8-5-9-20(12-18)29-15-17-6-3-2-4-7-17/h2-14H,15H2,1H3,(H,26,27,28). The third-order valence-corrected chi connectivity index (χ3v) is 5.76. The number of aliphatic imine (C=N–C) groups is 1. The van der Waals surface area contributed by atoms with E-state index in [0.29, 0.717) is 27.4 Å². The first kappa shape index (κ1) is 20.3. The highest BCUT2D eigenvalue weighted by atomic mass is 35.5. The van der Waals surface area contributed by atoms with Crippen molar-refractivity contribution in [3.63, 3.8) is 0 Å². The van der Waals surface area contributed by atoms with E-state index in [2.05, 4.69) is 10.3 Å². The van der Waals surface area contributed by atoms with Crippen LogP contribution < -0.4 is 10.1 Å². The Hall–Kier alpha value is -3.02. The minimum absolute atomic E-state index is 0.174. The zero-order valence-corrected chi connectivity index (χ0v) is 17.8. The predicted octanol–water partition coefficient (Wildman–Crippen LogP) is 6.12. The van der Waals surface area contributed by atoms with Crippen LogP contribution in [0.4, 0.5) is 5.69 Å². The second kappa shape index (κ2) is 9.20. The third kappa shape index (κ3) is 5.12. The van der Waals surface area contributed by atoms with E-state index in [1.807, 2.05) is 79.7 Å². The molecule has 3 aromatic rings. The van der Waals surface area contributed by atoms with Gasteiger partial charge in [-0.1, -0.05) is 60.1 Å². The Bertz CT molecular complexity index is 1140. The highest BCUT2D eigenvalue weighted by molar-refractivity contribution is 8.18. The van der Waals surface area contributed by atoms with Crippen LogP contribution in [0.2, 0.25) is 5.02 Å². The molecule has 30 heavy (non-hydrogen) atoms. The molecule has 4 nitrogen and oxygen atoms in total. The van der Waals surface area contributed by atoms with Gasteiger partial charge in [-0.3, -0.25) is 4.79 Å². The average Bonchev–Trinajstić information content (AvgIpc) is 3.09. The molecular weight excluding hydrogens is 416 g/mol. The summed E-state index contributed by atoms with van der Waals surface area (Å²) in [6, 6.07) is 23.2. The number of rotatable bonds is 5. The molecule has 0 bridgehead atoms. The van der Waals surface area contributed by atoms with E-state index < -0.39 is 0 Å². The van der Waals surface area contributed by atoms with Gasteiger partial charge in [0, 0.05) is 5.02 Å². The van der Waals surface area contributed by atoms with E-state index in [1.165, 1.54) is 11.8 Å². The van der Waals surface area contributed by atoms with Crippen molar-refractivity contribution >= 4 is 46.2 Å². The molecule has 1 aliphatic heterocycles. The van der Waals surface area contributed by atoms with Gasteiger partial charge in [-0.2, -0.15) is 0 Å². The second-order valence-corrected chi connectivity index (χ2v) is 8.20. The van der Waals surface area contributed by atoms with Gasteiger partial charge in [-0.05, 0) is 65.7 Å². The second-order valence-electron chi connectivity index (χ2n) is 6.76. The Kier molecular flexibility index (Phi) is 6.21. The number of nitrogens with zero attached hydrogens (tertiary/aromatic N) is 1. The average molecular weight is 435 g/mol. The quantitative estimate of drug-likeness (QED) is 0.492. The summed E-state index contributed by atoms with van der Waals surface area (Å²) in [5.74, 6) is 0.576. The fourth-order valence-corrected chi connectivity index (χ4v) is 3.85. The molecule has 0 atom stereocenters. The number of hydrogen-bond donors (Lipinski definition) is 1. The van der Waals surface area contributed by atoms with Crippen molar-refractivity contribution in [1.29, 1.82) is 0 Å². The van der Waals surface area contributed by atoms with Crippen LogP contribution in [0, 0.1) is 6.92 Å². The molecule has 0 saturated carbocycles. The number of nitrogens with one attached hydrogen (secondary N) is 1. The Labute approximate surface area is 184 Å². The van der Waals surface area contributed by atoms with Crippen LogP contribution in [-0.2, 0) is 11.4 Å². The molecule has 4 rings (SSSR count). The van der Waals surface area contributed by atoms with Crippen LogP contribution in [0.3, 0.4) is 0 Å². The van der Waals surface area contributed by atoms with E-state index in [-0.39, 0.29) is 5.91 Å². The molecule has 1 heterocycles. The lowest BCUT2D eigenvalue weighted by Gasteiger charge is -2.07. The summed E-state index contributed by atoms with van der Waals surface area (Å²) in [4.78, 5) is 17.4. The SMILES string of the molecule is Cc1ccc(N=C2NC(=O)C(=Cc3cccc(OCc4ccccc4)c3)S2)cc1Cl. The van der Waals surface area contributed by atoms with Gasteiger partial charge in [0.1, 0.15) is 12.4 Å². The first-order chi connectivity index (χ1) is 14.6. The van der Waals surface area contributed by atoms with Crippen LogP contribution in [0.25, 0.3) is 6.08 Å². The summed E-state index contributed by atoms with van der Waals surface area (Å²) in [7, 11) is 0. The largest absolute Gasteiger partial charge is 0.489 e. The zero-order valence-electron chi connectivity index (χ0n) is 16.3. The van der Waals surface area contributed by atoms with Crippen molar-refractivity contribution in [3.8, 4) is 5.75 Å². The van der Waals surface area contributed by atoms with Gasteiger partial charge >= 0.3 is 0 Å². The fourth-order valence-electron chi connectivity index (χ4n) is 2.84. The molecule has 1 amide bonds. The highest BCUT2D eigenvalue weighted by Crippen LogP contribution is 2.30. The van der Waals surface area contributed by atoms with E-state index in [4.69, 9.17) is 16.3 Å². The number of amides is 1. The van der Waals surface area contributed by atoms with Crippen LogP contribution >= 0.6 is 23.4 Å². The molecule has 1 aliphatic rings. The summed E-state index contributed by atoms with van der Waals surface area (Å²) in [6.07, 6.45) is 1.83. The molecule has 1 fully saturated rings. The van der Waals surface area contributed by atoms with Crippen molar-refractivity contribution in [2.45, 2.75) is 13.5 Å². The van der Waals surface area contributed by atoms with Crippen molar-refractivity contribution in [2.24, 2.45) is 4.99 Å². The van der Waals surface area contributed by atoms with Crippen LogP contribution in [0.5, 0.6) is 5.75 Å². The minimum Gasteiger partial charge on any atom is -0.489 e. The van der Waals surface area contributed by atoms with Crippen LogP contribution in [-0.4, -0.2) is 11.1 Å². The number of halogens is 1. The van der Waals surface area contributed by atoms with E-state index in [9.17, 15) is 4.79 Å². The van der Waals surface area contributed by atoms with E-state index in [1.54, 1.807) is 6.07 Å². The lowest BCUT2D eigenvalue weighted by atomic mass is 10.2. The van der Waals surface area contributed by atoms with Crippen molar-refractivity contribution < 1.29 is 9.53 Å². The lowest BCUT2D eigenvalue weighted by Crippen LogP contribution is -2.19. The highest BCUT2D eigenvalue weighted by Gasteiger charge is 2.23.